The molecule has 1 aromatic carbocycles. The molecular formula is C13H16Cl2O3. The molecule has 0 radical (unpaired) electrons. The average Bonchev–Trinajstić information content (AvgIpc) is 2.13. The van der Waals surface area contributed by atoms with Crippen molar-refractivity contribution < 1.29 is 14.6 Å². The van der Waals surface area contributed by atoms with E-state index < -0.39 is 17.7 Å². The topological polar surface area (TPSA) is 46.5 Å². The maximum absolute atomic E-state index is 11.9. The third kappa shape index (κ3) is 3.61. The minimum atomic E-state index is -0.854. The lowest BCUT2D eigenvalue weighted by molar-refractivity contribution is 0.00696. The Morgan fingerprint density at radius 2 is 1.89 bits per heavy atom. The number of aliphatic hydroxyl groups is 1. The van der Waals surface area contributed by atoms with Gasteiger partial charge in [-0.05, 0) is 39.8 Å². The molecule has 0 bridgehead atoms. The van der Waals surface area contributed by atoms with E-state index in [4.69, 9.17) is 27.9 Å². The highest BCUT2D eigenvalue weighted by Gasteiger charge is 2.23. The van der Waals surface area contributed by atoms with E-state index in [1.165, 1.54) is 19.1 Å². The van der Waals surface area contributed by atoms with Gasteiger partial charge in [-0.3, -0.25) is 0 Å². The van der Waals surface area contributed by atoms with Gasteiger partial charge in [-0.1, -0.05) is 23.2 Å². The van der Waals surface area contributed by atoms with Crippen LogP contribution in [-0.2, 0) is 4.74 Å². The summed E-state index contributed by atoms with van der Waals surface area (Å²) >= 11 is 12.0. The van der Waals surface area contributed by atoms with Crippen LogP contribution in [-0.4, -0.2) is 16.7 Å². The number of hydrogen-bond donors (Lipinski definition) is 1. The Labute approximate surface area is 117 Å². The fraction of sp³-hybridized carbons (Fsp3) is 0.462. The molecular weight excluding hydrogens is 275 g/mol. The van der Waals surface area contributed by atoms with Gasteiger partial charge in [-0.15, -0.1) is 0 Å². The molecule has 18 heavy (non-hydrogen) atoms. The lowest BCUT2D eigenvalue weighted by Crippen LogP contribution is -2.24. The van der Waals surface area contributed by atoms with Crippen molar-refractivity contribution in [3.8, 4) is 0 Å². The number of aliphatic hydroxyl groups excluding tert-OH is 1. The van der Waals surface area contributed by atoms with Crippen LogP contribution in [0.15, 0.2) is 12.1 Å². The smallest absolute Gasteiger partial charge is 0.340 e. The van der Waals surface area contributed by atoms with E-state index in [2.05, 4.69) is 0 Å². The summed E-state index contributed by atoms with van der Waals surface area (Å²) in [5.41, 5.74) is -0.0704. The quantitative estimate of drug-likeness (QED) is 0.838. The Morgan fingerprint density at radius 1 is 1.33 bits per heavy atom. The maximum atomic E-state index is 11.9. The Kier molecular flexibility index (Phi) is 4.65. The fourth-order valence-corrected chi connectivity index (χ4v) is 2.21. The van der Waals surface area contributed by atoms with E-state index in [1.807, 2.05) is 0 Å². The monoisotopic (exact) mass is 290 g/mol. The van der Waals surface area contributed by atoms with Gasteiger partial charge >= 0.3 is 5.97 Å². The standard InChI is InChI=1S/C13H16Cl2O3/c1-7(16)10-9(14)6-5-8(11(10)15)12(17)18-13(2,3)4/h5-7,16H,1-4H3. The van der Waals surface area contributed by atoms with Crippen molar-refractivity contribution in [3.05, 3.63) is 33.3 Å². The molecule has 5 heteroatoms. The van der Waals surface area contributed by atoms with Gasteiger partial charge in [0.2, 0.25) is 0 Å². The van der Waals surface area contributed by atoms with E-state index in [1.54, 1.807) is 20.8 Å². The van der Waals surface area contributed by atoms with Crippen molar-refractivity contribution in [1.29, 1.82) is 0 Å². The van der Waals surface area contributed by atoms with Crippen molar-refractivity contribution in [1.82, 2.24) is 0 Å². The number of rotatable bonds is 2. The Morgan fingerprint density at radius 3 is 2.33 bits per heavy atom. The first-order chi connectivity index (χ1) is 8.13. The predicted octanol–water partition coefficient (Wildman–Crippen LogP) is 4.00. The van der Waals surface area contributed by atoms with Crippen LogP contribution in [0.5, 0.6) is 0 Å². The molecule has 0 aliphatic heterocycles. The molecule has 1 rings (SSSR count). The molecule has 0 spiro atoms. The van der Waals surface area contributed by atoms with Gasteiger partial charge < -0.3 is 9.84 Å². The molecule has 0 amide bonds. The highest BCUT2D eigenvalue weighted by Crippen LogP contribution is 2.33. The number of carbonyl (C=O) groups excluding carboxylic acids is 1. The van der Waals surface area contributed by atoms with Crippen LogP contribution in [0.4, 0.5) is 0 Å². The molecule has 0 aromatic heterocycles. The minimum Gasteiger partial charge on any atom is -0.456 e. The van der Waals surface area contributed by atoms with E-state index in [0.29, 0.717) is 10.6 Å². The van der Waals surface area contributed by atoms with E-state index in [9.17, 15) is 9.90 Å². The summed E-state index contributed by atoms with van der Waals surface area (Å²) in [6.45, 7) is 6.84. The first kappa shape index (κ1) is 15.3. The summed E-state index contributed by atoms with van der Waals surface area (Å²) in [5.74, 6) is -0.536. The lowest BCUT2D eigenvalue weighted by atomic mass is 10.1. The van der Waals surface area contributed by atoms with Gasteiger partial charge in [0.1, 0.15) is 5.60 Å². The molecule has 100 valence electrons. The van der Waals surface area contributed by atoms with Gasteiger partial charge in [0.05, 0.1) is 16.7 Å². The zero-order valence-electron chi connectivity index (χ0n) is 10.8. The third-order valence-electron chi connectivity index (χ3n) is 2.16. The second kappa shape index (κ2) is 5.47. The van der Waals surface area contributed by atoms with Crippen molar-refractivity contribution in [2.45, 2.75) is 39.4 Å². The fourth-order valence-electron chi connectivity index (χ4n) is 1.44. The number of esters is 1. The molecule has 0 aliphatic rings. The average molecular weight is 291 g/mol. The summed E-state index contributed by atoms with van der Waals surface area (Å²) in [7, 11) is 0. The van der Waals surface area contributed by atoms with Crippen LogP contribution >= 0.6 is 23.2 Å². The molecule has 1 aromatic rings. The Bertz CT molecular complexity index is 462. The Hall–Kier alpha value is -0.770. The molecule has 0 heterocycles. The molecule has 0 saturated heterocycles. The number of benzene rings is 1. The number of halogens is 2. The molecule has 0 fully saturated rings. The summed E-state index contributed by atoms with van der Waals surface area (Å²) in [5, 5.41) is 10.1. The summed E-state index contributed by atoms with van der Waals surface area (Å²) in [6, 6.07) is 3.01. The van der Waals surface area contributed by atoms with Crippen molar-refractivity contribution in [3.63, 3.8) is 0 Å². The van der Waals surface area contributed by atoms with Crippen LogP contribution in [0.1, 0.15) is 49.7 Å². The maximum Gasteiger partial charge on any atom is 0.340 e. The molecule has 3 nitrogen and oxygen atoms in total. The van der Waals surface area contributed by atoms with Crippen LogP contribution in [0.25, 0.3) is 0 Å². The molecule has 0 saturated carbocycles. The van der Waals surface area contributed by atoms with Crippen LogP contribution in [0, 0.1) is 0 Å². The van der Waals surface area contributed by atoms with Gasteiger partial charge in [-0.25, -0.2) is 4.79 Å². The highest BCUT2D eigenvalue weighted by atomic mass is 35.5. The number of ether oxygens (including phenoxy) is 1. The number of carbonyl (C=O) groups is 1. The van der Waals surface area contributed by atoms with Crippen molar-refractivity contribution in [2.75, 3.05) is 0 Å². The lowest BCUT2D eigenvalue weighted by Gasteiger charge is -2.21. The minimum absolute atomic E-state index is 0.131. The molecule has 0 aliphatic carbocycles. The van der Waals surface area contributed by atoms with Gasteiger partial charge in [-0.2, -0.15) is 0 Å². The molecule has 1 atom stereocenters. The zero-order valence-corrected chi connectivity index (χ0v) is 12.3. The SMILES string of the molecule is CC(O)c1c(Cl)ccc(C(=O)OC(C)(C)C)c1Cl. The van der Waals surface area contributed by atoms with Gasteiger partial charge in [0.25, 0.3) is 0 Å². The Balaban J connectivity index is 3.19. The van der Waals surface area contributed by atoms with Gasteiger partial charge in [0, 0.05) is 10.6 Å². The first-order valence-corrected chi connectivity index (χ1v) is 6.28. The molecule has 1 unspecified atom stereocenters. The van der Waals surface area contributed by atoms with Crippen LogP contribution in [0.2, 0.25) is 10.0 Å². The summed E-state index contributed by atoms with van der Waals surface area (Å²) < 4.78 is 5.23. The third-order valence-corrected chi connectivity index (χ3v) is 2.90. The van der Waals surface area contributed by atoms with E-state index >= 15 is 0 Å². The van der Waals surface area contributed by atoms with Crippen molar-refractivity contribution in [2.24, 2.45) is 0 Å². The van der Waals surface area contributed by atoms with Crippen molar-refractivity contribution >= 4 is 29.2 Å². The second-order valence-corrected chi connectivity index (χ2v) is 5.79. The van der Waals surface area contributed by atoms with Gasteiger partial charge in [0.15, 0.2) is 0 Å². The first-order valence-electron chi connectivity index (χ1n) is 5.53. The summed E-state index contributed by atoms with van der Waals surface area (Å²) in [6.07, 6.45) is -0.854. The zero-order chi connectivity index (χ0) is 14.1. The van der Waals surface area contributed by atoms with E-state index in [0.717, 1.165) is 0 Å². The molecule has 1 N–H and O–H groups in total. The van der Waals surface area contributed by atoms with Crippen LogP contribution < -0.4 is 0 Å². The van der Waals surface area contributed by atoms with Crippen LogP contribution in [0.3, 0.4) is 0 Å². The van der Waals surface area contributed by atoms with E-state index in [-0.39, 0.29) is 10.6 Å². The second-order valence-electron chi connectivity index (χ2n) is 5.00. The summed E-state index contributed by atoms with van der Waals surface area (Å²) in [4.78, 5) is 11.9. The highest BCUT2D eigenvalue weighted by molar-refractivity contribution is 6.38. The largest absolute Gasteiger partial charge is 0.456 e. The number of hydrogen-bond acceptors (Lipinski definition) is 3. The predicted molar refractivity (Wildman–Crippen MR) is 72.3 cm³/mol. The normalized spacial score (nSPS) is 13.3.